The molecule has 0 aliphatic heterocycles. The fraction of sp³-hybridized carbons (Fsp3) is 0.318. The van der Waals surface area contributed by atoms with Crippen LogP contribution in [0.3, 0.4) is 0 Å². The molecular formula is C22H24N4O. The second-order valence-electron chi connectivity index (χ2n) is 7.11. The van der Waals surface area contributed by atoms with E-state index in [1.807, 2.05) is 19.1 Å². The maximum atomic E-state index is 12.8. The minimum atomic E-state index is -0.151. The summed E-state index contributed by atoms with van der Waals surface area (Å²) in [4.78, 5) is 12.8. The molecule has 1 heterocycles. The third-order valence-electron chi connectivity index (χ3n) is 5.40. The highest BCUT2D eigenvalue weighted by Crippen LogP contribution is 2.30. The van der Waals surface area contributed by atoms with Crippen molar-refractivity contribution in [1.82, 2.24) is 20.3 Å². The van der Waals surface area contributed by atoms with Crippen molar-refractivity contribution in [3.05, 3.63) is 82.2 Å². The molecule has 0 radical (unpaired) electrons. The Kier molecular flexibility index (Phi) is 4.75. The van der Waals surface area contributed by atoms with Crippen LogP contribution in [0.2, 0.25) is 0 Å². The van der Waals surface area contributed by atoms with Gasteiger partial charge in [0.2, 0.25) is 0 Å². The van der Waals surface area contributed by atoms with Crippen LogP contribution in [0.5, 0.6) is 0 Å². The van der Waals surface area contributed by atoms with Crippen molar-refractivity contribution >= 4 is 5.91 Å². The lowest BCUT2D eigenvalue weighted by Gasteiger charge is -2.13. The van der Waals surface area contributed by atoms with Gasteiger partial charge in [-0.1, -0.05) is 60.7 Å². The van der Waals surface area contributed by atoms with E-state index in [9.17, 15) is 4.79 Å². The van der Waals surface area contributed by atoms with Crippen molar-refractivity contribution in [3.8, 4) is 0 Å². The number of benzene rings is 2. The van der Waals surface area contributed by atoms with Crippen molar-refractivity contribution < 1.29 is 4.79 Å². The number of nitrogens with one attached hydrogen (secondary N) is 1. The zero-order valence-electron chi connectivity index (χ0n) is 15.8. The van der Waals surface area contributed by atoms with E-state index in [2.05, 4.69) is 59.0 Å². The maximum Gasteiger partial charge on any atom is 0.274 e. The number of hydrogen-bond donors (Lipinski definition) is 1. The van der Waals surface area contributed by atoms with E-state index in [1.54, 1.807) is 4.68 Å². The zero-order valence-corrected chi connectivity index (χ0v) is 15.8. The average molecular weight is 360 g/mol. The Morgan fingerprint density at radius 1 is 1.15 bits per heavy atom. The van der Waals surface area contributed by atoms with Crippen molar-refractivity contribution in [2.24, 2.45) is 0 Å². The van der Waals surface area contributed by atoms with E-state index in [0.717, 1.165) is 30.5 Å². The summed E-state index contributed by atoms with van der Waals surface area (Å²) in [6.45, 7) is 4.66. The summed E-state index contributed by atoms with van der Waals surface area (Å²) in [5, 5.41) is 11.5. The molecule has 0 saturated carbocycles. The van der Waals surface area contributed by atoms with Crippen LogP contribution in [0.15, 0.2) is 48.5 Å². The lowest BCUT2D eigenvalue weighted by atomic mass is 10.1. The Balaban J connectivity index is 1.47. The molecule has 1 aromatic heterocycles. The highest BCUT2D eigenvalue weighted by molar-refractivity contribution is 5.93. The van der Waals surface area contributed by atoms with Crippen LogP contribution in [0.4, 0.5) is 0 Å². The van der Waals surface area contributed by atoms with Gasteiger partial charge in [0, 0.05) is 0 Å². The number of aryl methyl sites for hydroxylation is 2. The first-order valence-corrected chi connectivity index (χ1v) is 9.52. The van der Waals surface area contributed by atoms with E-state index < -0.39 is 0 Å². The van der Waals surface area contributed by atoms with E-state index in [-0.39, 0.29) is 11.9 Å². The number of aromatic nitrogens is 3. The van der Waals surface area contributed by atoms with Gasteiger partial charge in [-0.15, -0.1) is 5.10 Å². The average Bonchev–Trinajstić information content (AvgIpc) is 3.26. The number of amides is 1. The molecule has 0 saturated heterocycles. The van der Waals surface area contributed by atoms with Crippen molar-refractivity contribution in [1.29, 1.82) is 0 Å². The molecule has 0 spiro atoms. The normalized spacial score (nSPS) is 15.6. The minimum Gasteiger partial charge on any atom is -0.344 e. The predicted molar refractivity (Wildman–Crippen MR) is 105 cm³/mol. The number of carbonyl (C=O) groups excluding carboxylic acids is 1. The Bertz CT molecular complexity index is 959. The summed E-state index contributed by atoms with van der Waals surface area (Å²) in [5.74, 6) is -0.151. The van der Waals surface area contributed by atoms with Gasteiger partial charge in [-0.3, -0.25) is 4.79 Å². The fourth-order valence-electron chi connectivity index (χ4n) is 3.71. The quantitative estimate of drug-likeness (QED) is 0.756. The summed E-state index contributed by atoms with van der Waals surface area (Å²) in [7, 11) is 0. The summed E-state index contributed by atoms with van der Waals surface area (Å²) in [5.41, 5.74) is 6.19. The largest absolute Gasteiger partial charge is 0.344 e. The second-order valence-corrected chi connectivity index (χ2v) is 7.11. The molecule has 1 amide bonds. The van der Waals surface area contributed by atoms with Crippen molar-refractivity contribution in [2.45, 2.75) is 45.7 Å². The first-order valence-electron chi connectivity index (χ1n) is 9.52. The van der Waals surface area contributed by atoms with Crippen LogP contribution in [0.25, 0.3) is 0 Å². The second kappa shape index (κ2) is 7.35. The molecule has 0 unspecified atom stereocenters. The monoisotopic (exact) mass is 360 g/mol. The fourth-order valence-corrected chi connectivity index (χ4v) is 3.71. The SMILES string of the molecule is CCc1ccc(Cn2nnc(C(=O)N[C@H]3CCc4ccccc43)c2C)cc1. The molecule has 1 aliphatic rings. The van der Waals surface area contributed by atoms with Gasteiger partial charge in [-0.2, -0.15) is 0 Å². The molecule has 1 atom stereocenters. The molecule has 0 bridgehead atoms. The topological polar surface area (TPSA) is 59.8 Å². The Morgan fingerprint density at radius 3 is 2.67 bits per heavy atom. The third-order valence-corrected chi connectivity index (χ3v) is 5.40. The Hall–Kier alpha value is -2.95. The van der Waals surface area contributed by atoms with E-state index >= 15 is 0 Å². The minimum absolute atomic E-state index is 0.0554. The van der Waals surface area contributed by atoms with Crippen molar-refractivity contribution in [2.75, 3.05) is 0 Å². The van der Waals surface area contributed by atoms with Gasteiger partial charge < -0.3 is 5.32 Å². The van der Waals surface area contributed by atoms with Crippen LogP contribution in [-0.4, -0.2) is 20.9 Å². The number of nitrogens with zero attached hydrogens (tertiary/aromatic N) is 3. The van der Waals surface area contributed by atoms with Crippen LogP contribution in [0.1, 0.15) is 57.8 Å². The van der Waals surface area contributed by atoms with Gasteiger partial charge in [0.15, 0.2) is 5.69 Å². The predicted octanol–water partition coefficient (Wildman–Crippen LogP) is 3.61. The number of fused-ring (bicyclic) bond motifs is 1. The van der Waals surface area contributed by atoms with Crippen LogP contribution >= 0.6 is 0 Å². The summed E-state index contributed by atoms with van der Waals surface area (Å²) >= 11 is 0. The molecule has 2 aromatic carbocycles. The summed E-state index contributed by atoms with van der Waals surface area (Å²) in [6, 6.07) is 16.8. The summed E-state index contributed by atoms with van der Waals surface area (Å²) < 4.78 is 1.79. The zero-order chi connectivity index (χ0) is 18.8. The third kappa shape index (κ3) is 3.50. The maximum absolute atomic E-state index is 12.8. The lowest BCUT2D eigenvalue weighted by Crippen LogP contribution is -2.28. The Labute approximate surface area is 159 Å². The molecular weight excluding hydrogens is 336 g/mol. The molecule has 1 aliphatic carbocycles. The van der Waals surface area contributed by atoms with Gasteiger partial charge >= 0.3 is 0 Å². The number of carbonyl (C=O) groups is 1. The van der Waals surface area contributed by atoms with E-state index in [0.29, 0.717) is 12.2 Å². The molecule has 4 rings (SSSR count). The first-order chi connectivity index (χ1) is 13.2. The van der Waals surface area contributed by atoms with E-state index in [1.165, 1.54) is 16.7 Å². The molecule has 3 aromatic rings. The lowest BCUT2D eigenvalue weighted by molar-refractivity contribution is 0.0931. The molecule has 5 heteroatoms. The van der Waals surface area contributed by atoms with Gasteiger partial charge in [-0.05, 0) is 48.4 Å². The Morgan fingerprint density at radius 2 is 1.89 bits per heavy atom. The van der Waals surface area contributed by atoms with Crippen LogP contribution in [0, 0.1) is 6.92 Å². The van der Waals surface area contributed by atoms with Gasteiger partial charge in [0.05, 0.1) is 18.3 Å². The highest BCUT2D eigenvalue weighted by atomic mass is 16.2. The van der Waals surface area contributed by atoms with Crippen molar-refractivity contribution in [3.63, 3.8) is 0 Å². The standard InChI is InChI=1S/C22H24N4O/c1-3-16-8-10-17(11-9-16)14-26-15(2)21(24-25-26)22(27)23-20-13-12-18-6-4-5-7-19(18)20/h4-11,20H,3,12-14H2,1-2H3,(H,23,27)/t20-/m0/s1. The summed E-state index contributed by atoms with van der Waals surface area (Å²) in [6.07, 6.45) is 2.96. The number of hydrogen-bond acceptors (Lipinski definition) is 3. The number of rotatable bonds is 5. The smallest absolute Gasteiger partial charge is 0.274 e. The molecule has 5 nitrogen and oxygen atoms in total. The highest BCUT2D eigenvalue weighted by Gasteiger charge is 2.26. The first kappa shape index (κ1) is 17.5. The molecule has 27 heavy (non-hydrogen) atoms. The van der Waals surface area contributed by atoms with Gasteiger partial charge in [0.25, 0.3) is 5.91 Å². The van der Waals surface area contributed by atoms with E-state index in [4.69, 9.17) is 0 Å². The molecule has 1 N–H and O–H groups in total. The van der Waals surface area contributed by atoms with Gasteiger partial charge in [-0.25, -0.2) is 4.68 Å². The van der Waals surface area contributed by atoms with Crippen LogP contribution < -0.4 is 5.32 Å². The van der Waals surface area contributed by atoms with Crippen LogP contribution in [-0.2, 0) is 19.4 Å². The van der Waals surface area contributed by atoms with Gasteiger partial charge in [0.1, 0.15) is 0 Å². The molecule has 0 fully saturated rings. The molecule has 138 valence electrons.